The molecule has 1 amide bonds. The van der Waals surface area contributed by atoms with Gasteiger partial charge >= 0.3 is 0 Å². The van der Waals surface area contributed by atoms with Crippen molar-refractivity contribution in [2.45, 2.75) is 33.4 Å². The number of allylic oxidation sites excluding steroid dienone is 1. The molecule has 5 rings (SSSR count). The summed E-state index contributed by atoms with van der Waals surface area (Å²) in [7, 11) is 1.58. The van der Waals surface area contributed by atoms with E-state index in [0.717, 1.165) is 27.9 Å². The fourth-order valence-electron chi connectivity index (χ4n) is 4.41. The zero-order valence-electron chi connectivity index (χ0n) is 21.4. The number of nitrogens with one attached hydrogen (secondary N) is 2. The standard InChI is InChI=1S/C28H27ClN6O3/c1-16-6-5-7-22(17(16)2)31-27(36)25-18(3)30-28-32-33-34-35(28)26(25)20-10-13-23(24(14-20)37-4)38-15-19-8-11-21(29)12-9-19/h5-14,26H,15H2,1-4H3,(H,31,36)(H,30,32,34). The largest absolute Gasteiger partial charge is 0.493 e. The Morgan fingerprint density at radius 1 is 1.08 bits per heavy atom. The third-order valence-electron chi connectivity index (χ3n) is 6.62. The van der Waals surface area contributed by atoms with Crippen molar-refractivity contribution in [1.29, 1.82) is 0 Å². The predicted molar refractivity (Wildman–Crippen MR) is 146 cm³/mol. The number of methoxy groups -OCH3 is 1. The SMILES string of the molecule is COc1cc(C2C(C(=O)Nc3cccc(C)c3C)=C(C)Nc3nnnn32)ccc1OCc1ccc(Cl)cc1. The van der Waals surface area contributed by atoms with E-state index >= 15 is 0 Å². The number of aromatic nitrogens is 4. The molecule has 0 spiro atoms. The maximum atomic E-state index is 13.7. The lowest BCUT2D eigenvalue weighted by Gasteiger charge is -2.28. The van der Waals surface area contributed by atoms with Crippen LogP contribution in [0.4, 0.5) is 11.6 Å². The highest BCUT2D eigenvalue weighted by Crippen LogP contribution is 2.39. The zero-order valence-corrected chi connectivity index (χ0v) is 22.2. The number of anilines is 2. The van der Waals surface area contributed by atoms with Crippen LogP contribution in [0.25, 0.3) is 0 Å². The van der Waals surface area contributed by atoms with E-state index in [9.17, 15) is 4.79 Å². The molecule has 0 bridgehead atoms. The number of carbonyl (C=O) groups excluding carboxylic acids is 1. The maximum Gasteiger partial charge on any atom is 0.255 e. The van der Waals surface area contributed by atoms with Crippen LogP contribution < -0.4 is 20.1 Å². The Hall–Kier alpha value is -4.37. The molecule has 1 unspecified atom stereocenters. The summed E-state index contributed by atoms with van der Waals surface area (Å²) < 4.78 is 13.3. The van der Waals surface area contributed by atoms with Crippen molar-refractivity contribution in [3.63, 3.8) is 0 Å². The van der Waals surface area contributed by atoms with Crippen LogP contribution in [0.3, 0.4) is 0 Å². The van der Waals surface area contributed by atoms with E-state index in [1.807, 2.05) is 81.4 Å². The number of aryl methyl sites for hydroxylation is 1. The van der Waals surface area contributed by atoms with Crippen LogP contribution in [-0.4, -0.2) is 33.2 Å². The number of carbonyl (C=O) groups is 1. The zero-order chi connectivity index (χ0) is 26.8. The Labute approximate surface area is 225 Å². The first-order valence-corrected chi connectivity index (χ1v) is 12.4. The molecule has 1 aromatic heterocycles. The minimum atomic E-state index is -0.592. The van der Waals surface area contributed by atoms with Crippen LogP contribution in [0.15, 0.2) is 71.9 Å². The second-order valence-electron chi connectivity index (χ2n) is 9.04. The monoisotopic (exact) mass is 530 g/mol. The van der Waals surface area contributed by atoms with Gasteiger partial charge in [-0.2, -0.15) is 4.68 Å². The first-order valence-electron chi connectivity index (χ1n) is 12.0. The van der Waals surface area contributed by atoms with Gasteiger partial charge in [0.1, 0.15) is 12.6 Å². The van der Waals surface area contributed by atoms with E-state index in [1.54, 1.807) is 11.8 Å². The molecule has 1 atom stereocenters. The Morgan fingerprint density at radius 3 is 2.63 bits per heavy atom. The second kappa shape index (κ2) is 10.5. The van der Waals surface area contributed by atoms with Gasteiger partial charge in [0.2, 0.25) is 5.95 Å². The van der Waals surface area contributed by atoms with E-state index in [-0.39, 0.29) is 5.91 Å². The van der Waals surface area contributed by atoms with Crippen LogP contribution in [0.5, 0.6) is 11.5 Å². The molecule has 9 nitrogen and oxygen atoms in total. The first-order chi connectivity index (χ1) is 18.4. The highest BCUT2D eigenvalue weighted by atomic mass is 35.5. The number of benzene rings is 3. The van der Waals surface area contributed by atoms with E-state index in [1.165, 1.54) is 0 Å². The number of amides is 1. The van der Waals surface area contributed by atoms with Gasteiger partial charge in [-0.3, -0.25) is 4.79 Å². The highest BCUT2D eigenvalue weighted by molar-refractivity contribution is 6.30. The van der Waals surface area contributed by atoms with Crippen LogP contribution in [0, 0.1) is 13.8 Å². The molecule has 0 fully saturated rings. The summed E-state index contributed by atoms with van der Waals surface area (Å²) in [4.78, 5) is 13.7. The van der Waals surface area contributed by atoms with Crippen molar-refractivity contribution in [2.75, 3.05) is 17.7 Å². The highest BCUT2D eigenvalue weighted by Gasteiger charge is 2.34. The Kier molecular flexibility index (Phi) is 7.02. The van der Waals surface area contributed by atoms with Gasteiger partial charge in [0.05, 0.1) is 12.7 Å². The van der Waals surface area contributed by atoms with Crippen molar-refractivity contribution in [3.05, 3.63) is 99.2 Å². The topological polar surface area (TPSA) is 103 Å². The fourth-order valence-corrected chi connectivity index (χ4v) is 4.53. The van der Waals surface area contributed by atoms with Crippen LogP contribution in [0.2, 0.25) is 5.02 Å². The van der Waals surface area contributed by atoms with Gasteiger partial charge in [-0.05, 0) is 83.8 Å². The molecule has 10 heteroatoms. The van der Waals surface area contributed by atoms with Gasteiger partial charge in [0, 0.05) is 16.4 Å². The summed E-state index contributed by atoms with van der Waals surface area (Å²) in [5.41, 5.74) is 5.73. The molecule has 0 saturated heterocycles. The number of tetrazole rings is 1. The van der Waals surface area contributed by atoms with Gasteiger partial charge in [-0.15, -0.1) is 0 Å². The summed E-state index contributed by atoms with van der Waals surface area (Å²) in [6, 6.07) is 18.2. The Balaban J connectivity index is 1.48. The number of ether oxygens (including phenoxy) is 2. The van der Waals surface area contributed by atoms with E-state index in [4.69, 9.17) is 21.1 Å². The maximum absolute atomic E-state index is 13.7. The normalized spacial score (nSPS) is 14.5. The number of fused-ring (bicyclic) bond motifs is 1. The number of rotatable bonds is 7. The summed E-state index contributed by atoms with van der Waals surface area (Å²) in [6.07, 6.45) is 0. The minimum Gasteiger partial charge on any atom is -0.493 e. The third-order valence-corrected chi connectivity index (χ3v) is 6.87. The van der Waals surface area contributed by atoms with Crippen LogP contribution >= 0.6 is 11.6 Å². The molecule has 2 heterocycles. The number of hydrogen-bond acceptors (Lipinski definition) is 7. The van der Waals surface area contributed by atoms with Gasteiger partial charge in [-0.25, -0.2) is 0 Å². The summed E-state index contributed by atoms with van der Waals surface area (Å²) in [6.45, 7) is 6.18. The summed E-state index contributed by atoms with van der Waals surface area (Å²) >= 11 is 5.99. The summed E-state index contributed by atoms with van der Waals surface area (Å²) in [5, 5.41) is 19.0. The van der Waals surface area contributed by atoms with Gasteiger partial charge < -0.3 is 20.1 Å². The lowest BCUT2D eigenvalue weighted by Crippen LogP contribution is -2.31. The lowest BCUT2D eigenvalue weighted by molar-refractivity contribution is -0.113. The molecule has 0 saturated carbocycles. The molecule has 1 aliphatic rings. The molecule has 4 aromatic rings. The minimum absolute atomic E-state index is 0.253. The smallest absolute Gasteiger partial charge is 0.255 e. The molecule has 1 aliphatic heterocycles. The Morgan fingerprint density at radius 2 is 1.87 bits per heavy atom. The third kappa shape index (κ3) is 4.92. The molecule has 3 aromatic carbocycles. The molecule has 2 N–H and O–H groups in total. The summed E-state index contributed by atoms with van der Waals surface area (Å²) in [5.74, 6) is 1.28. The number of hydrogen-bond donors (Lipinski definition) is 2. The van der Waals surface area contributed by atoms with Crippen molar-refractivity contribution >= 4 is 29.1 Å². The fraction of sp³-hybridized carbons (Fsp3) is 0.214. The van der Waals surface area contributed by atoms with Crippen molar-refractivity contribution in [3.8, 4) is 11.5 Å². The van der Waals surface area contributed by atoms with E-state index in [2.05, 4.69) is 26.2 Å². The molecule has 0 radical (unpaired) electrons. The molecular formula is C28H27ClN6O3. The molecule has 194 valence electrons. The molecule has 0 aliphatic carbocycles. The van der Waals surface area contributed by atoms with Crippen LogP contribution in [-0.2, 0) is 11.4 Å². The van der Waals surface area contributed by atoms with Crippen molar-refractivity contribution < 1.29 is 14.3 Å². The van der Waals surface area contributed by atoms with Gasteiger partial charge in [0.25, 0.3) is 5.91 Å². The number of halogens is 1. The second-order valence-corrected chi connectivity index (χ2v) is 9.48. The van der Waals surface area contributed by atoms with Crippen molar-refractivity contribution in [2.24, 2.45) is 0 Å². The van der Waals surface area contributed by atoms with Gasteiger partial charge in [0.15, 0.2) is 11.5 Å². The lowest BCUT2D eigenvalue weighted by atomic mass is 9.94. The van der Waals surface area contributed by atoms with E-state index < -0.39 is 6.04 Å². The van der Waals surface area contributed by atoms with E-state index in [0.29, 0.717) is 40.3 Å². The molecule has 38 heavy (non-hydrogen) atoms. The van der Waals surface area contributed by atoms with Gasteiger partial charge in [-0.1, -0.05) is 47.0 Å². The van der Waals surface area contributed by atoms with Crippen LogP contribution in [0.1, 0.15) is 35.2 Å². The predicted octanol–water partition coefficient (Wildman–Crippen LogP) is 5.46. The molecular weight excluding hydrogens is 504 g/mol. The average Bonchev–Trinajstić information content (AvgIpc) is 3.38. The number of nitrogens with zero attached hydrogens (tertiary/aromatic N) is 4. The first kappa shape index (κ1) is 25.3. The quantitative estimate of drug-likeness (QED) is 0.327. The van der Waals surface area contributed by atoms with Crippen molar-refractivity contribution in [1.82, 2.24) is 20.2 Å². The Bertz CT molecular complexity index is 1530. The average molecular weight is 531 g/mol.